The number of fused-ring (bicyclic) bond motifs is 3. The molecular formula is C27H22N2O3S. The zero-order chi connectivity index (χ0) is 22.8. The number of hydrogen-bond acceptors (Lipinski definition) is 4. The number of aromatic nitrogens is 1. The van der Waals surface area contributed by atoms with E-state index in [-0.39, 0.29) is 22.8 Å². The molecule has 0 radical (unpaired) electrons. The van der Waals surface area contributed by atoms with E-state index in [4.69, 9.17) is 4.42 Å². The average molecular weight is 455 g/mol. The van der Waals surface area contributed by atoms with Crippen LogP contribution in [0.25, 0.3) is 21.8 Å². The molecule has 0 fully saturated rings. The van der Waals surface area contributed by atoms with Gasteiger partial charge < -0.3 is 9.73 Å². The molecule has 5 aromatic rings. The fourth-order valence-electron chi connectivity index (χ4n) is 4.02. The summed E-state index contributed by atoms with van der Waals surface area (Å²) in [5.74, 6) is -0.0125. The Labute approximate surface area is 195 Å². The van der Waals surface area contributed by atoms with Gasteiger partial charge in [0.1, 0.15) is 0 Å². The van der Waals surface area contributed by atoms with Gasteiger partial charge in [-0.3, -0.25) is 14.2 Å². The van der Waals surface area contributed by atoms with E-state index in [1.165, 1.54) is 18.0 Å². The lowest BCUT2D eigenvalue weighted by molar-refractivity contribution is 0.0918. The standard InChI is InChI=1S/C27H22N2O3S/c1-2-25(33-19-10-7-9-18(17-19)28-26(30)24-15-8-16-32-24)27(31)29-22-13-5-3-11-20(22)21-12-4-6-14-23(21)29/h3-17,25H,2H2,1H3,(H,28,30). The van der Waals surface area contributed by atoms with Gasteiger partial charge in [-0.05, 0) is 48.9 Å². The van der Waals surface area contributed by atoms with Crippen LogP contribution in [-0.4, -0.2) is 21.6 Å². The molecule has 1 amide bonds. The van der Waals surface area contributed by atoms with E-state index in [1.54, 1.807) is 12.1 Å². The first kappa shape index (κ1) is 21.1. The van der Waals surface area contributed by atoms with Gasteiger partial charge in [-0.15, -0.1) is 11.8 Å². The molecule has 164 valence electrons. The number of carbonyl (C=O) groups is 2. The van der Waals surface area contributed by atoms with Gasteiger partial charge in [-0.1, -0.05) is 49.4 Å². The summed E-state index contributed by atoms with van der Waals surface area (Å²) in [6, 6.07) is 26.8. The number of nitrogens with zero attached hydrogens (tertiary/aromatic N) is 1. The third-order valence-electron chi connectivity index (χ3n) is 5.56. The number of para-hydroxylation sites is 2. The van der Waals surface area contributed by atoms with Crippen LogP contribution in [0, 0.1) is 0 Å². The molecule has 0 bridgehead atoms. The monoisotopic (exact) mass is 454 g/mol. The third kappa shape index (κ3) is 4.05. The van der Waals surface area contributed by atoms with Crippen LogP contribution in [0.2, 0.25) is 0 Å². The van der Waals surface area contributed by atoms with Gasteiger partial charge in [-0.25, -0.2) is 0 Å². The Morgan fingerprint density at radius 3 is 2.24 bits per heavy atom. The summed E-state index contributed by atoms with van der Waals surface area (Å²) in [4.78, 5) is 27.0. The fraction of sp³-hybridized carbons (Fsp3) is 0.111. The van der Waals surface area contributed by atoms with Crippen molar-refractivity contribution in [2.24, 2.45) is 0 Å². The summed E-state index contributed by atoms with van der Waals surface area (Å²) < 4.78 is 7.00. The lowest BCUT2D eigenvalue weighted by Gasteiger charge is -2.16. The van der Waals surface area contributed by atoms with Crippen molar-refractivity contribution in [3.8, 4) is 0 Å². The van der Waals surface area contributed by atoms with Crippen molar-refractivity contribution in [3.63, 3.8) is 0 Å². The minimum Gasteiger partial charge on any atom is -0.459 e. The van der Waals surface area contributed by atoms with Crippen LogP contribution in [0.3, 0.4) is 0 Å². The average Bonchev–Trinajstić information content (AvgIpc) is 3.49. The molecule has 5 rings (SSSR count). The van der Waals surface area contributed by atoms with E-state index in [9.17, 15) is 9.59 Å². The van der Waals surface area contributed by atoms with Gasteiger partial charge in [0.05, 0.1) is 22.5 Å². The van der Waals surface area contributed by atoms with Crippen LogP contribution in [-0.2, 0) is 0 Å². The van der Waals surface area contributed by atoms with Crippen LogP contribution in [0.15, 0.2) is 101 Å². The van der Waals surface area contributed by atoms with Crippen LogP contribution in [0.4, 0.5) is 5.69 Å². The molecule has 1 atom stereocenters. The number of carbonyl (C=O) groups excluding carboxylic acids is 2. The number of benzene rings is 3. The highest BCUT2D eigenvalue weighted by atomic mass is 32.2. The molecule has 1 unspecified atom stereocenters. The molecule has 0 aliphatic rings. The Morgan fingerprint density at radius 1 is 0.909 bits per heavy atom. The highest BCUT2D eigenvalue weighted by molar-refractivity contribution is 8.00. The smallest absolute Gasteiger partial charge is 0.291 e. The molecule has 0 saturated heterocycles. The zero-order valence-corrected chi connectivity index (χ0v) is 18.8. The first-order valence-corrected chi connectivity index (χ1v) is 11.7. The fourth-order valence-corrected chi connectivity index (χ4v) is 5.08. The van der Waals surface area contributed by atoms with Crippen LogP contribution in [0.1, 0.15) is 28.7 Å². The van der Waals surface area contributed by atoms with Gasteiger partial charge in [0.2, 0.25) is 5.91 Å². The van der Waals surface area contributed by atoms with Crippen LogP contribution in [0.5, 0.6) is 0 Å². The van der Waals surface area contributed by atoms with Gasteiger partial charge >= 0.3 is 0 Å². The molecule has 1 N–H and O–H groups in total. The summed E-state index contributed by atoms with van der Waals surface area (Å²) in [5, 5.41) is 4.71. The summed E-state index contributed by atoms with van der Waals surface area (Å²) in [6.07, 6.45) is 2.14. The number of thioether (sulfide) groups is 1. The second-order valence-electron chi connectivity index (χ2n) is 7.68. The Bertz CT molecular complexity index is 1400. The van der Waals surface area contributed by atoms with E-state index in [1.807, 2.05) is 72.2 Å². The Kier molecular flexibility index (Phi) is 5.75. The van der Waals surface area contributed by atoms with E-state index < -0.39 is 0 Å². The van der Waals surface area contributed by atoms with Crippen molar-refractivity contribution in [2.75, 3.05) is 5.32 Å². The molecule has 0 spiro atoms. The van der Waals surface area contributed by atoms with E-state index in [2.05, 4.69) is 17.4 Å². The van der Waals surface area contributed by atoms with Gasteiger partial charge in [0, 0.05) is 21.4 Å². The number of amides is 1. The van der Waals surface area contributed by atoms with Gasteiger partial charge in [-0.2, -0.15) is 0 Å². The topological polar surface area (TPSA) is 64.2 Å². The molecule has 2 heterocycles. The number of anilines is 1. The summed E-state index contributed by atoms with van der Waals surface area (Å²) in [7, 11) is 0. The molecule has 0 aliphatic carbocycles. The minimum absolute atomic E-state index is 0.0462. The largest absolute Gasteiger partial charge is 0.459 e. The summed E-state index contributed by atoms with van der Waals surface area (Å²) >= 11 is 1.51. The minimum atomic E-state index is -0.310. The molecular weight excluding hydrogens is 432 g/mol. The second kappa shape index (κ2) is 9.00. The van der Waals surface area contributed by atoms with Crippen molar-refractivity contribution < 1.29 is 14.0 Å². The van der Waals surface area contributed by atoms with Crippen LogP contribution >= 0.6 is 11.8 Å². The predicted octanol–water partition coefficient (Wildman–Crippen LogP) is 6.85. The Morgan fingerprint density at radius 2 is 1.61 bits per heavy atom. The summed E-state index contributed by atoms with van der Waals surface area (Å²) in [5.41, 5.74) is 2.49. The Balaban J connectivity index is 1.43. The highest BCUT2D eigenvalue weighted by Gasteiger charge is 2.24. The molecule has 5 nitrogen and oxygen atoms in total. The lowest BCUT2D eigenvalue weighted by Crippen LogP contribution is -2.23. The first-order chi connectivity index (χ1) is 16.2. The third-order valence-corrected chi connectivity index (χ3v) is 6.91. The molecule has 0 aliphatic heterocycles. The van der Waals surface area contributed by atoms with Crippen molar-refractivity contribution in [1.29, 1.82) is 0 Å². The maximum Gasteiger partial charge on any atom is 0.291 e. The van der Waals surface area contributed by atoms with Gasteiger partial charge in [0.25, 0.3) is 5.91 Å². The van der Waals surface area contributed by atoms with E-state index in [0.717, 1.165) is 26.7 Å². The first-order valence-electron chi connectivity index (χ1n) is 10.8. The quantitative estimate of drug-likeness (QED) is 0.285. The lowest BCUT2D eigenvalue weighted by atomic mass is 10.2. The van der Waals surface area contributed by atoms with Gasteiger partial charge in [0.15, 0.2) is 5.76 Å². The van der Waals surface area contributed by atoms with Crippen LogP contribution < -0.4 is 5.32 Å². The van der Waals surface area contributed by atoms with Crippen molar-refractivity contribution >= 4 is 51.1 Å². The normalized spacial score (nSPS) is 12.2. The highest BCUT2D eigenvalue weighted by Crippen LogP contribution is 2.33. The predicted molar refractivity (Wildman–Crippen MR) is 133 cm³/mol. The molecule has 0 saturated carbocycles. The van der Waals surface area contributed by atoms with Crippen molar-refractivity contribution in [2.45, 2.75) is 23.5 Å². The number of rotatable bonds is 6. The zero-order valence-electron chi connectivity index (χ0n) is 18.0. The maximum atomic E-state index is 13.7. The van der Waals surface area contributed by atoms with E-state index >= 15 is 0 Å². The molecule has 6 heteroatoms. The second-order valence-corrected chi connectivity index (χ2v) is 8.96. The number of nitrogens with one attached hydrogen (secondary N) is 1. The molecule has 3 aromatic carbocycles. The van der Waals surface area contributed by atoms with E-state index in [0.29, 0.717) is 12.1 Å². The SMILES string of the molecule is CCC(Sc1cccc(NC(=O)c2ccco2)c1)C(=O)n1c2ccccc2c2ccccc21. The summed E-state index contributed by atoms with van der Waals surface area (Å²) in [6.45, 7) is 2.02. The van der Waals surface area contributed by atoms with Crippen molar-refractivity contribution in [3.05, 3.63) is 97.0 Å². The Hall–Kier alpha value is -3.77. The maximum absolute atomic E-state index is 13.7. The van der Waals surface area contributed by atoms with Crippen molar-refractivity contribution in [1.82, 2.24) is 4.57 Å². The number of hydrogen-bond donors (Lipinski definition) is 1. The molecule has 2 aromatic heterocycles. The molecule has 33 heavy (non-hydrogen) atoms. The number of furan rings is 1.